The van der Waals surface area contributed by atoms with Crippen LogP contribution in [-0.2, 0) is 16.9 Å². The minimum Gasteiger partial charge on any atom is -0.325 e. The number of alkyl halides is 1. The van der Waals surface area contributed by atoms with E-state index in [2.05, 4.69) is 11.4 Å². The summed E-state index contributed by atoms with van der Waals surface area (Å²) in [4.78, 5) is 12.6. The number of halogens is 1. The summed E-state index contributed by atoms with van der Waals surface area (Å²) in [7, 11) is 0. The molecular formula is C20H20FNO. The number of hydrogen-bond acceptors (Lipinski definition) is 1. The second kappa shape index (κ2) is 5.48. The van der Waals surface area contributed by atoms with Gasteiger partial charge >= 0.3 is 0 Å². The zero-order valence-corrected chi connectivity index (χ0v) is 13.1. The Labute approximate surface area is 135 Å². The van der Waals surface area contributed by atoms with Crippen molar-refractivity contribution in [3.05, 3.63) is 53.6 Å². The SMILES string of the molecule is O=C1Nc2ccc(-c3cccc(CF)c3)cc2C12CCCCC2. The van der Waals surface area contributed by atoms with Gasteiger partial charge in [-0.25, -0.2) is 4.39 Å². The Bertz CT molecular complexity index is 762. The molecule has 2 nitrogen and oxygen atoms in total. The standard InChI is InChI=1S/C20H20FNO/c21-13-14-5-4-6-15(11-14)16-7-8-18-17(12-16)20(19(23)22-18)9-2-1-3-10-20/h4-8,11-12H,1-3,9-10,13H2,(H,22,23). The first-order valence-corrected chi connectivity index (χ1v) is 8.34. The van der Waals surface area contributed by atoms with Crippen LogP contribution in [0.15, 0.2) is 42.5 Å². The van der Waals surface area contributed by atoms with E-state index in [-0.39, 0.29) is 11.3 Å². The van der Waals surface area contributed by atoms with E-state index in [1.807, 2.05) is 30.3 Å². The molecule has 2 aromatic rings. The summed E-state index contributed by atoms with van der Waals surface area (Å²) in [6, 6.07) is 13.7. The molecule has 1 saturated carbocycles. The predicted octanol–water partition coefficient (Wildman–Crippen LogP) is 4.98. The van der Waals surface area contributed by atoms with Gasteiger partial charge in [-0.15, -0.1) is 0 Å². The third-order valence-corrected chi connectivity index (χ3v) is 5.34. The van der Waals surface area contributed by atoms with Crippen molar-refractivity contribution in [2.24, 2.45) is 0 Å². The van der Waals surface area contributed by atoms with Crippen LogP contribution in [0.5, 0.6) is 0 Å². The van der Waals surface area contributed by atoms with E-state index in [1.165, 1.54) is 6.42 Å². The van der Waals surface area contributed by atoms with Crippen molar-refractivity contribution in [1.82, 2.24) is 0 Å². The molecule has 1 spiro atoms. The summed E-state index contributed by atoms with van der Waals surface area (Å²) in [5, 5.41) is 3.06. The largest absolute Gasteiger partial charge is 0.325 e. The first-order chi connectivity index (χ1) is 11.2. The van der Waals surface area contributed by atoms with Gasteiger partial charge in [0.15, 0.2) is 0 Å². The highest BCUT2D eigenvalue weighted by Crippen LogP contribution is 2.48. The maximum Gasteiger partial charge on any atom is 0.235 e. The monoisotopic (exact) mass is 309 g/mol. The highest BCUT2D eigenvalue weighted by molar-refractivity contribution is 6.06. The molecule has 3 heteroatoms. The van der Waals surface area contributed by atoms with E-state index in [0.717, 1.165) is 48.1 Å². The number of benzene rings is 2. The summed E-state index contributed by atoms with van der Waals surface area (Å²) < 4.78 is 12.9. The van der Waals surface area contributed by atoms with Crippen LogP contribution >= 0.6 is 0 Å². The fourth-order valence-electron chi connectivity index (χ4n) is 4.08. The lowest BCUT2D eigenvalue weighted by molar-refractivity contribution is -0.121. The topological polar surface area (TPSA) is 29.1 Å². The number of anilines is 1. The van der Waals surface area contributed by atoms with Crippen LogP contribution in [0.3, 0.4) is 0 Å². The number of rotatable bonds is 2. The van der Waals surface area contributed by atoms with Gasteiger partial charge in [0.05, 0.1) is 5.41 Å². The summed E-state index contributed by atoms with van der Waals surface area (Å²) >= 11 is 0. The van der Waals surface area contributed by atoms with Gasteiger partial charge in [0.1, 0.15) is 6.67 Å². The van der Waals surface area contributed by atoms with Crippen LogP contribution in [0.2, 0.25) is 0 Å². The maximum absolute atomic E-state index is 12.9. The first kappa shape index (κ1) is 14.4. The highest BCUT2D eigenvalue weighted by Gasteiger charge is 2.47. The minimum absolute atomic E-state index is 0.154. The molecule has 1 aliphatic carbocycles. The Hall–Kier alpha value is -2.16. The van der Waals surface area contributed by atoms with Gasteiger partial charge in [0.2, 0.25) is 5.91 Å². The van der Waals surface area contributed by atoms with Crippen LogP contribution in [0.1, 0.15) is 43.2 Å². The van der Waals surface area contributed by atoms with Crippen molar-refractivity contribution in [2.45, 2.75) is 44.2 Å². The molecule has 4 rings (SSSR count). The van der Waals surface area contributed by atoms with Crippen molar-refractivity contribution < 1.29 is 9.18 Å². The Morgan fingerprint density at radius 3 is 2.57 bits per heavy atom. The molecule has 1 aliphatic heterocycles. The van der Waals surface area contributed by atoms with Gasteiger partial charge in [0.25, 0.3) is 0 Å². The van der Waals surface area contributed by atoms with Crippen LogP contribution in [0.25, 0.3) is 11.1 Å². The molecule has 0 radical (unpaired) electrons. The third kappa shape index (κ3) is 2.26. The molecule has 23 heavy (non-hydrogen) atoms. The van der Waals surface area contributed by atoms with Crippen molar-refractivity contribution in [2.75, 3.05) is 5.32 Å². The van der Waals surface area contributed by atoms with E-state index in [0.29, 0.717) is 5.56 Å². The molecular weight excluding hydrogens is 289 g/mol. The second-order valence-electron chi connectivity index (χ2n) is 6.69. The second-order valence-corrected chi connectivity index (χ2v) is 6.69. The van der Waals surface area contributed by atoms with Crippen molar-refractivity contribution in [1.29, 1.82) is 0 Å². The number of amides is 1. The molecule has 0 saturated heterocycles. The van der Waals surface area contributed by atoms with Gasteiger partial charge in [-0.3, -0.25) is 4.79 Å². The Morgan fingerprint density at radius 1 is 1.00 bits per heavy atom. The third-order valence-electron chi connectivity index (χ3n) is 5.34. The molecule has 0 atom stereocenters. The molecule has 0 bridgehead atoms. The zero-order chi connectivity index (χ0) is 15.9. The van der Waals surface area contributed by atoms with Crippen LogP contribution < -0.4 is 5.32 Å². The number of carbonyl (C=O) groups excluding carboxylic acids is 1. The molecule has 1 heterocycles. The lowest BCUT2D eigenvalue weighted by Gasteiger charge is -2.31. The highest BCUT2D eigenvalue weighted by atomic mass is 19.1. The summed E-state index contributed by atoms with van der Waals surface area (Å²) in [5.41, 5.74) is 4.48. The number of nitrogens with one attached hydrogen (secondary N) is 1. The molecule has 0 aromatic heterocycles. The lowest BCUT2D eigenvalue weighted by Crippen LogP contribution is -2.36. The molecule has 2 aromatic carbocycles. The summed E-state index contributed by atoms with van der Waals surface area (Å²) in [6.07, 6.45) is 5.28. The van der Waals surface area contributed by atoms with Gasteiger partial charge in [0, 0.05) is 5.69 Å². The van der Waals surface area contributed by atoms with E-state index in [1.54, 1.807) is 6.07 Å². The van der Waals surface area contributed by atoms with E-state index < -0.39 is 6.67 Å². The Morgan fingerprint density at radius 2 is 1.78 bits per heavy atom. The summed E-state index contributed by atoms with van der Waals surface area (Å²) in [6.45, 7) is -0.456. The number of fused-ring (bicyclic) bond motifs is 2. The predicted molar refractivity (Wildman–Crippen MR) is 90.1 cm³/mol. The zero-order valence-electron chi connectivity index (χ0n) is 13.1. The lowest BCUT2D eigenvalue weighted by atomic mass is 9.70. The first-order valence-electron chi connectivity index (χ1n) is 8.34. The average molecular weight is 309 g/mol. The van der Waals surface area contributed by atoms with Crippen molar-refractivity contribution in [3.63, 3.8) is 0 Å². The fraction of sp³-hybridized carbons (Fsp3) is 0.350. The molecule has 1 N–H and O–H groups in total. The van der Waals surface area contributed by atoms with Crippen LogP contribution in [0, 0.1) is 0 Å². The molecule has 1 fully saturated rings. The van der Waals surface area contributed by atoms with E-state index in [9.17, 15) is 9.18 Å². The molecule has 118 valence electrons. The normalized spacial score (nSPS) is 18.7. The Balaban J connectivity index is 1.80. The van der Waals surface area contributed by atoms with Crippen LogP contribution in [0.4, 0.5) is 10.1 Å². The van der Waals surface area contributed by atoms with Crippen molar-refractivity contribution in [3.8, 4) is 11.1 Å². The van der Waals surface area contributed by atoms with Gasteiger partial charge < -0.3 is 5.32 Å². The molecule has 1 amide bonds. The van der Waals surface area contributed by atoms with Gasteiger partial charge in [-0.1, -0.05) is 43.5 Å². The quantitative estimate of drug-likeness (QED) is 0.833. The van der Waals surface area contributed by atoms with Gasteiger partial charge in [-0.2, -0.15) is 0 Å². The number of hydrogen-bond donors (Lipinski definition) is 1. The molecule has 0 unspecified atom stereocenters. The fourth-order valence-corrected chi connectivity index (χ4v) is 4.08. The number of carbonyl (C=O) groups is 1. The smallest absolute Gasteiger partial charge is 0.235 e. The summed E-state index contributed by atoms with van der Waals surface area (Å²) in [5.74, 6) is 0.154. The van der Waals surface area contributed by atoms with Gasteiger partial charge in [-0.05, 0) is 53.3 Å². The van der Waals surface area contributed by atoms with Crippen LogP contribution in [-0.4, -0.2) is 5.91 Å². The van der Waals surface area contributed by atoms with E-state index in [4.69, 9.17) is 0 Å². The van der Waals surface area contributed by atoms with Crippen molar-refractivity contribution >= 4 is 11.6 Å². The minimum atomic E-state index is -0.456. The maximum atomic E-state index is 12.9. The molecule has 2 aliphatic rings. The van der Waals surface area contributed by atoms with E-state index >= 15 is 0 Å². The average Bonchev–Trinajstić information content (AvgIpc) is 2.87. The Kier molecular flexibility index (Phi) is 3.44.